The Labute approximate surface area is 137 Å². The number of aromatic nitrogens is 2. The number of benzene rings is 1. The van der Waals surface area contributed by atoms with Crippen LogP contribution in [0.1, 0.15) is 18.4 Å². The van der Waals surface area contributed by atoms with Gasteiger partial charge in [-0.15, -0.1) is 10.2 Å². The van der Waals surface area contributed by atoms with Crippen molar-refractivity contribution in [1.82, 2.24) is 10.2 Å². The number of hydrogen-bond acceptors (Lipinski definition) is 6. The Balaban J connectivity index is 2.01. The highest BCUT2D eigenvalue weighted by molar-refractivity contribution is 5.99. The molecule has 24 heavy (non-hydrogen) atoms. The average molecular weight is 322 g/mol. The van der Waals surface area contributed by atoms with Crippen molar-refractivity contribution in [3.8, 4) is 22.8 Å². The fraction of sp³-hybridized carbons (Fsp3) is 0.167. The molecule has 0 bridgehead atoms. The summed E-state index contributed by atoms with van der Waals surface area (Å²) in [6, 6.07) is 7.42. The molecule has 4 rings (SSSR count). The molecule has 0 spiro atoms. The number of ketones is 1. The highest BCUT2D eigenvalue weighted by atomic mass is 16.7. The summed E-state index contributed by atoms with van der Waals surface area (Å²) in [5.74, 6) is 2.68. The smallest absolute Gasteiger partial charge is 0.231 e. The van der Waals surface area contributed by atoms with Gasteiger partial charge in [0.15, 0.2) is 17.3 Å². The second-order valence-electron chi connectivity index (χ2n) is 5.54. The molecule has 0 N–H and O–H groups in total. The molecule has 0 atom stereocenters. The Hall–Kier alpha value is -3.15. The van der Waals surface area contributed by atoms with Gasteiger partial charge in [-0.2, -0.15) is 0 Å². The molecular weight excluding hydrogens is 308 g/mol. The summed E-state index contributed by atoms with van der Waals surface area (Å²) in [4.78, 5) is 11.3. The van der Waals surface area contributed by atoms with Crippen LogP contribution in [0.25, 0.3) is 28.3 Å². The quantitative estimate of drug-likeness (QED) is 0.687. The number of aryl methyl sites for hydroxylation is 1. The largest absolute Gasteiger partial charge is 0.461 e. The molecule has 1 aliphatic rings. The Bertz CT molecular complexity index is 988. The summed E-state index contributed by atoms with van der Waals surface area (Å²) in [6.07, 6.45) is 3.11. The first-order valence-corrected chi connectivity index (χ1v) is 7.47. The third-order valence-corrected chi connectivity index (χ3v) is 3.74. The number of ether oxygens (including phenoxy) is 2. The van der Waals surface area contributed by atoms with Gasteiger partial charge in [0, 0.05) is 11.5 Å². The molecule has 1 aliphatic heterocycles. The van der Waals surface area contributed by atoms with Crippen molar-refractivity contribution in [2.45, 2.75) is 13.8 Å². The van der Waals surface area contributed by atoms with E-state index >= 15 is 0 Å². The van der Waals surface area contributed by atoms with Gasteiger partial charge in [-0.3, -0.25) is 4.79 Å². The molecule has 6 nitrogen and oxygen atoms in total. The molecule has 0 saturated carbocycles. The Morgan fingerprint density at radius 2 is 1.96 bits per heavy atom. The SMILES string of the molecule is CC(=O)/C=C\c1nnc2cc3c(cc2c1-c1ccc(C)o1)OCO3. The highest BCUT2D eigenvalue weighted by Crippen LogP contribution is 2.40. The minimum absolute atomic E-state index is 0.0656. The van der Waals surface area contributed by atoms with E-state index in [0.29, 0.717) is 28.5 Å². The van der Waals surface area contributed by atoms with Crippen molar-refractivity contribution in [1.29, 1.82) is 0 Å². The fourth-order valence-corrected chi connectivity index (χ4v) is 2.65. The van der Waals surface area contributed by atoms with Crippen molar-refractivity contribution in [3.05, 3.63) is 41.8 Å². The molecule has 1 aromatic carbocycles. The van der Waals surface area contributed by atoms with Gasteiger partial charge in [-0.25, -0.2) is 0 Å². The van der Waals surface area contributed by atoms with E-state index in [2.05, 4.69) is 10.2 Å². The van der Waals surface area contributed by atoms with E-state index in [1.165, 1.54) is 13.0 Å². The van der Waals surface area contributed by atoms with Crippen molar-refractivity contribution >= 4 is 22.8 Å². The molecule has 0 saturated heterocycles. The van der Waals surface area contributed by atoms with Crippen molar-refractivity contribution < 1.29 is 18.7 Å². The maximum Gasteiger partial charge on any atom is 0.231 e. The van der Waals surface area contributed by atoms with Crippen molar-refractivity contribution in [2.75, 3.05) is 6.79 Å². The van der Waals surface area contributed by atoms with E-state index in [0.717, 1.165) is 16.7 Å². The van der Waals surface area contributed by atoms with Gasteiger partial charge in [0.1, 0.15) is 11.5 Å². The summed E-state index contributed by atoms with van der Waals surface area (Å²) in [5, 5.41) is 9.31. The summed E-state index contributed by atoms with van der Waals surface area (Å²) < 4.78 is 16.6. The first kappa shape index (κ1) is 14.4. The van der Waals surface area contributed by atoms with Crippen molar-refractivity contribution in [2.24, 2.45) is 0 Å². The maximum atomic E-state index is 11.3. The Morgan fingerprint density at radius 3 is 2.67 bits per heavy atom. The van der Waals surface area contributed by atoms with E-state index < -0.39 is 0 Å². The third-order valence-electron chi connectivity index (χ3n) is 3.74. The highest BCUT2D eigenvalue weighted by Gasteiger charge is 2.20. The van der Waals surface area contributed by atoms with Crippen LogP contribution in [-0.2, 0) is 4.79 Å². The number of fused-ring (bicyclic) bond motifs is 2. The number of carbonyl (C=O) groups is 1. The lowest BCUT2D eigenvalue weighted by molar-refractivity contribution is -0.112. The normalized spacial score (nSPS) is 13.1. The number of nitrogens with zero attached hydrogens (tertiary/aromatic N) is 2. The first-order valence-electron chi connectivity index (χ1n) is 7.47. The Morgan fingerprint density at radius 1 is 1.17 bits per heavy atom. The van der Waals surface area contributed by atoms with Crippen LogP contribution in [0.15, 0.2) is 34.8 Å². The second kappa shape index (κ2) is 5.49. The van der Waals surface area contributed by atoms with Gasteiger partial charge < -0.3 is 13.9 Å². The minimum atomic E-state index is -0.0656. The van der Waals surface area contributed by atoms with Gasteiger partial charge in [0.2, 0.25) is 6.79 Å². The van der Waals surface area contributed by atoms with Gasteiger partial charge in [-0.05, 0) is 44.2 Å². The van der Waals surface area contributed by atoms with Gasteiger partial charge in [0.25, 0.3) is 0 Å². The predicted molar refractivity (Wildman–Crippen MR) is 87.8 cm³/mol. The fourth-order valence-electron chi connectivity index (χ4n) is 2.65. The molecular formula is C18H14N2O4. The summed E-state index contributed by atoms with van der Waals surface area (Å²) >= 11 is 0. The zero-order chi connectivity index (χ0) is 16.7. The maximum absolute atomic E-state index is 11.3. The molecule has 0 radical (unpaired) electrons. The van der Waals surface area contributed by atoms with Crippen LogP contribution in [0, 0.1) is 6.92 Å². The Kier molecular flexibility index (Phi) is 3.30. The lowest BCUT2D eigenvalue weighted by Crippen LogP contribution is -1.95. The van der Waals surface area contributed by atoms with Crippen LogP contribution in [0.3, 0.4) is 0 Å². The van der Waals surface area contributed by atoms with Gasteiger partial charge >= 0.3 is 0 Å². The number of rotatable bonds is 3. The lowest BCUT2D eigenvalue weighted by atomic mass is 10.0. The third kappa shape index (κ3) is 2.42. The number of furan rings is 1. The zero-order valence-electron chi connectivity index (χ0n) is 13.2. The van der Waals surface area contributed by atoms with Crippen LogP contribution in [0.4, 0.5) is 0 Å². The second-order valence-corrected chi connectivity index (χ2v) is 5.54. The molecule has 0 fully saturated rings. The molecule has 3 aromatic rings. The van der Waals surface area contributed by atoms with Crippen molar-refractivity contribution in [3.63, 3.8) is 0 Å². The van der Waals surface area contributed by atoms with E-state index in [4.69, 9.17) is 13.9 Å². The molecule has 0 unspecified atom stereocenters. The van der Waals surface area contributed by atoms with Crippen LogP contribution in [0.2, 0.25) is 0 Å². The van der Waals surface area contributed by atoms with E-state index in [1.807, 2.05) is 25.1 Å². The standard InChI is InChI=1S/C18H14N2O4/c1-10(21)3-5-13-18(15-6-4-11(2)24-15)12-7-16-17(23-9-22-16)8-14(12)20-19-13/h3-8H,9H2,1-2H3/b5-3-. The number of carbonyl (C=O) groups excluding carboxylic acids is 1. The minimum Gasteiger partial charge on any atom is -0.461 e. The molecule has 0 aliphatic carbocycles. The van der Waals surface area contributed by atoms with Gasteiger partial charge in [-0.1, -0.05) is 0 Å². The molecule has 3 heterocycles. The van der Waals surface area contributed by atoms with E-state index in [1.54, 1.807) is 12.1 Å². The molecule has 120 valence electrons. The van der Waals surface area contributed by atoms with Crippen LogP contribution >= 0.6 is 0 Å². The summed E-state index contributed by atoms with van der Waals surface area (Å²) in [7, 11) is 0. The lowest BCUT2D eigenvalue weighted by Gasteiger charge is -2.08. The van der Waals surface area contributed by atoms with Gasteiger partial charge in [0.05, 0.1) is 16.8 Å². The number of hydrogen-bond donors (Lipinski definition) is 0. The van der Waals surface area contributed by atoms with E-state index in [9.17, 15) is 4.79 Å². The number of allylic oxidation sites excluding steroid dienone is 1. The summed E-state index contributed by atoms with van der Waals surface area (Å²) in [6.45, 7) is 3.55. The monoisotopic (exact) mass is 322 g/mol. The predicted octanol–water partition coefficient (Wildman–Crippen LogP) is 3.53. The average Bonchev–Trinajstić information content (AvgIpc) is 3.18. The first-order chi connectivity index (χ1) is 11.6. The molecule has 6 heteroatoms. The zero-order valence-corrected chi connectivity index (χ0v) is 13.2. The molecule has 2 aromatic heterocycles. The van der Waals surface area contributed by atoms with Crippen LogP contribution in [0.5, 0.6) is 11.5 Å². The summed E-state index contributed by atoms with van der Waals surface area (Å²) in [5.41, 5.74) is 2.00. The van der Waals surface area contributed by atoms with Crippen LogP contribution < -0.4 is 9.47 Å². The topological polar surface area (TPSA) is 74.5 Å². The van der Waals surface area contributed by atoms with Crippen LogP contribution in [-0.4, -0.2) is 22.8 Å². The van der Waals surface area contributed by atoms with E-state index in [-0.39, 0.29) is 12.6 Å². The molecule has 0 amide bonds.